The molecular formula is C20H17F3N6O. The molecule has 0 amide bonds. The van der Waals surface area contributed by atoms with Gasteiger partial charge in [-0.3, -0.25) is 5.10 Å². The Balaban J connectivity index is 1.58. The van der Waals surface area contributed by atoms with E-state index in [0.717, 1.165) is 17.8 Å². The highest BCUT2D eigenvalue weighted by molar-refractivity contribution is 5.55. The SMILES string of the molecule is COc1nc(-c2n[nH]c(Cc3cccc(C(F)(F)F)c3)n2)ccc1-n1cnc(C)c1. The van der Waals surface area contributed by atoms with Gasteiger partial charge in [0.2, 0.25) is 5.88 Å². The molecule has 0 radical (unpaired) electrons. The van der Waals surface area contributed by atoms with Crippen LogP contribution in [0.3, 0.4) is 0 Å². The van der Waals surface area contributed by atoms with E-state index in [4.69, 9.17) is 4.74 Å². The van der Waals surface area contributed by atoms with Crippen molar-refractivity contribution in [3.63, 3.8) is 0 Å². The predicted molar refractivity (Wildman–Crippen MR) is 102 cm³/mol. The Morgan fingerprint density at radius 1 is 1.13 bits per heavy atom. The third kappa shape index (κ3) is 4.02. The quantitative estimate of drug-likeness (QED) is 0.534. The number of aromatic nitrogens is 6. The monoisotopic (exact) mass is 414 g/mol. The Labute approximate surface area is 169 Å². The molecule has 3 heterocycles. The minimum atomic E-state index is -4.39. The molecule has 0 aliphatic heterocycles. The molecule has 0 spiro atoms. The number of benzene rings is 1. The van der Waals surface area contributed by atoms with Gasteiger partial charge in [0, 0.05) is 12.6 Å². The molecule has 4 aromatic rings. The number of methoxy groups -OCH3 is 1. The molecule has 30 heavy (non-hydrogen) atoms. The molecule has 1 N–H and O–H groups in total. The van der Waals surface area contributed by atoms with E-state index >= 15 is 0 Å². The Hall–Kier alpha value is -3.69. The van der Waals surface area contributed by atoms with Crippen LogP contribution in [0.4, 0.5) is 13.2 Å². The molecule has 154 valence electrons. The van der Waals surface area contributed by atoms with Crippen LogP contribution in [-0.2, 0) is 12.6 Å². The van der Waals surface area contributed by atoms with Crippen molar-refractivity contribution in [1.29, 1.82) is 0 Å². The van der Waals surface area contributed by atoms with Gasteiger partial charge in [-0.25, -0.2) is 15.0 Å². The molecule has 0 aliphatic carbocycles. The lowest BCUT2D eigenvalue weighted by molar-refractivity contribution is -0.137. The zero-order valence-corrected chi connectivity index (χ0v) is 16.1. The summed E-state index contributed by atoms with van der Waals surface area (Å²) < 4.78 is 45.9. The summed E-state index contributed by atoms with van der Waals surface area (Å²) in [5, 5.41) is 6.90. The number of alkyl halides is 3. The number of imidazole rings is 1. The van der Waals surface area contributed by atoms with E-state index in [1.54, 1.807) is 23.0 Å². The van der Waals surface area contributed by atoms with Gasteiger partial charge in [-0.05, 0) is 30.7 Å². The van der Waals surface area contributed by atoms with Crippen LogP contribution in [0.5, 0.6) is 5.88 Å². The topological polar surface area (TPSA) is 81.5 Å². The van der Waals surface area contributed by atoms with Gasteiger partial charge in [0.1, 0.15) is 17.2 Å². The molecule has 10 heteroatoms. The highest BCUT2D eigenvalue weighted by Gasteiger charge is 2.30. The molecule has 4 rings (SSSR count). The van der Waals surface area contributed by atoms with E-state index in [0.29, 0.717) is 34.5 Å². The fraction of sp³-hybridized carbons (Fsp3) is 0.200. The van der Waals surface area contributed by atoms with Gasteiger partial charge in [-0.2, -0.15) is 18.3 Å². The standard InChI is InChI=1S/C20H17F3N6O/c1-12-10-29(11-24-12)16-7-6-15(25-19(16)30-2)18-26-17(27-28-18)9-13-4-3-5-14(8-13)20(21,22)23/h3-8,10-11H,9H2,1-2H3,(H,26,27,28). The van der Waals surface area contributed by atoms with Crippen molar-refractivity contribution >= 4 is 0 Å². The van der Waals surface area contributed by atoms with E-state index in [-0.39, 0.29) is 6.42 Å². The molecule has 7 nitrogen and oxygen atoms in total. The van der Waals surface area contributed by atoms with Crippen LogP contribution in [0.15, 0.2) is 48.9 Å². The molecule has 0 fully saturated rings. The van der Waals surface area contributed by atoms with Crippen molar-refractivity contribution in [3.8, 4) is 23.1 Å². The van der Waals surface area contributed by atoms with Gasteiger partial charge >= 0.3 is 6.18 Å². The van der Waals surface area contributed by atoms with Gasteiger partial charge in [0.25, 0.3) is 0 Å². The summed E-state index contributed by atoms with van der Waals surface area (Å²) in [6.45, 7) is 1.88. The van der Waals surface area contributed by atoms with Crippen LogP contribution in [0.1, 0.15) is 22.6 Å². The number of aromatic amines is 1. The van der Waals surface area contributed by atoms with Crippen molar-refractivity contribution in [1.82, 2.24) is 29.7 Å². The fourth-order valence-electron chi connectivity index (χ4n) is 3.00. The molecule has 1 aromatic carbocycles. The smallest absolute Gasteiger partial charge is 0.416 e. The summed E-state index contributed by atoms with van der Waals surface area (Å²) in [6.07, 6.45) is -0.702. The predicted octanol–water partition coefficient (Wildman–Crippen LogP) is 3.98. The lowest BCUT2D eigenvalue weighted by Crippen LogP contribution is -2.05. The maximum atomic E-state index is 12.9. The summed E-state index contributed by atoms with van der Waals surface area (Å²) in [5.41, 5.74) is 1.82. The normalized spacial score (nSPS) is 11.6. The van der Waals surface area contributed by atoms with Crippen molar-refractivity contribution in [2.24, 2.45) is 0 Å². The molecule has 0 atom stereocenters. The zero-order chi connectivity index (χ0) is 21.3. The van der Waals surface area contributed by atoms with E-state index < -0.39 is 11.7 Å². The van der Waals surface area contributed by atoms with Crippen molar-refractivity contribution in [3.05, 3.63) is 71.6 Å². The van der Waals surface area contributed by atoms with E-state index in [1.165, 1.54) is 13.2 Å². The van der Waals surface area contributed by atoms with Crippen molar-refractivity contribution in [2.45, 2.75) is 19.5 Å². The lowest BCUT2D eigenvalue weighted by Gasteiger charge is -2.08. The van der Waals surface area contributed by atoms with E-state index in [2.05, 4.69) is 25.1 Å². The second-order valence-corrected chi connectivity index (χ2v) is 6.63. The zero-order valence-electron chi connectivity index (χ0n) is 16.1. The van der Waals surface area contributed by atoms with Gasteiger partial charge in [0.15, 0.2) is 5.82 Å². The minimum Gasteiger partial charge on any atom is -0.479 e. The van der Waals surface area contributed by atoms with Gasteiger partial charge in [-0.15, -0.1) is 0 Å². The Morgan fingerprint density at radius 2 is 1.97 bits per heavy atom. The second-order valence-electron chi connectivity index (χ2n) is 6.63. The number of rotatable bonds is 5. The van der Waals surface area contributed by atoms with Gasteiger partial charge < -0.3 is 9.30 Å². The molecule has 0 saturated carbocycles. The summed E-state index contributed by atoms with van der Waals surface area (Å²) >= 11 is 0. The summed E-state index contributed by atoms with van der Waals surface area (Å²) in [7, 11) is 1.51. The van der Waals surface area contributed by atoms with Crippen LogP contribution in [0, 0.1) is 6.92 Å². The highest BCUT2D eigenvalue weighted by atomic mass is 19.4. The Bertz CT molecular complexity index is 1180. The lowest BCUT2D eigenvalue weighted by atomic mass is 10.1. The first kappa shape index (κ1) is 19.6. The number of nitrogens with zero attached hydrogens (tertiary/aromatic N) is 5. The highest BCUT2D eigenvalue weighted by Crippen LogP contribution is 2.30. The molecule has 0 bridgehead atoms. The molecule has 0 unspecified atom stereocenters. The van der Waals surface area contributed by atoms with Crippen LogP contribution >= 0.6 is 0 Å². The third-order valence-corrected chi connectivity index (χ3v) is 4.41. The summed E-state index contributed by atoms with van der Waals surface area (Å²) in [5.74, 6) is 1.12. The number of halogens is 3. The fourth-order valence-corrected chi connectivity index (χ4v) is 3.00. The first-order valence-corrected chi connectivity index (χ1v) is 8.97. The molecule has 3 aromatic heterocycles. The first-order chi connectivity index (χ1) is 14.3. The summed E-state index contributed by atoms with van der Waals surface area (Å²) in [4.78, 5) is 13.0. The number of ether oxygens (including phenoxy) is 1. The maximum Gasteiger partial charge on any atom is 0.416 e. The summed E-state index contributed by atoms with van der Waals surface area (Å²) in [6, 6.07) is 8.68. The average Bonchev–Trinajstić information content (AvgIpc) is 3.36. The largest absolute Gasteiger partial charge is 0.479 e. The van der Waals surface area contributed by atoms with E-state index in [1.807, 2.05) is 19.2 Å². The second kappa shape index (κ2) is 7.62. The minimum absolute atomic E-state index is 0.181. The Morgan fingerprint density at radius 3 is 2.67 bits per heavy atom. The first-order valence-electron chi connectivity index (χ1n) is 8.97. The number of nitrogens with one attached hydrogen (secondary N) is 1. The molecule has 0 saturated heterocycles. The maximum absolute atomic E-state index is 12.9. The number of aryl methyl sites for hydroxylation is 1. The van der Waals surface area contributed by atoms with Crippen LogP contribution in [-0.4, -0.2) is 36.8 Å². The van der Waals surface area contributed by atoms with Gasteiger partial charge in [0.05, 0.1) is 24.7 Å². The van der Waals surface area contributed by atoms with Crippen LogP contribution in [0.25, 0.3) is 17.2 Å². The molecule has 0 aliphatic rings. The van der Waals surface area contributed by atoms with Crippen LogP contribution < -0.4 is 4.74 Å². The molecular weight excluding hydrogens is 397 g/mol. The van der Waals surface area contributed by atoms with E-state index in [9.17, 15) is 13.2 Å². The number of pyridine rings is 1. The number of hydrogen-bond donors (Lipinski definition) is 1. The number of H-pyrrole nitrogens is 1. The third-order valence-electron chi connectivity index (χ3n) is 4.41. The van der Waals surface area contributed by atoms with Crippen LogP contribution in [0.2, 0.25) is 0 Å². The van der Waals surface area contributed by atoms with Gasteiger partial charge in [-0.1, -0.05) is 18.2 Å². The van der Waals surface area contributed by atoms with Crippen molar-refractivity contribution in [2.75, 3.05) is 7.11 Å². The Kier molecular flexibility index (Phi) is 4.98. The number of hydrogen-bond acceptors (Lipinski definition) is 5. The average molecular weight is 414 g/mol. The van der Waals surface area contributed by atoms with Crippen molar-refractivity contribution < 1.29 is 17.9 Å².